The summed E-state index contributed by atoms with van der Waals surface area (Å²) in [5, 5.41) is 36.1. The number of allylic oxidation sites excluding steroid dienone is 4. The summed E-state index contributed by atoms with van der Waals surface area (Å²) in [5.74, 6) is 1.26. The molecule has 3 aromatic rings. The highest BCUT2D eigenvalue weighted by atomic mass is 32.1. The van der Waals surface area contributed by atoms with Gasteiger partial charge in [0.1, 0.15) is 46.2 Å². The third-order valence-corrected chi connectivity index (χ3v) is 5.18. The van der Waals surface area contributed by atoms with Crippen LogP contribution in [-0.4, -0.2) is 9.55 Å². The van der Waals surface area contributed by atoms with Crippen molar-refractivity contribution >= 4 is 23.5 Å². The average Bonchev–Trinajstić information content (AvgIpc) is 3.53. The van der Waals surface area contributed by atoms with Crippen LogP contribution in [0.3, 0.4) is 0 Å². The summed E-state index contributed by atoms with van der Waals surface area (Å²) >= 11 is 1.39. The second kappa shape index (κ2) is 9.72. The van der Waals surface area contributed by atoms with Gasteiger partial charge in [0.05, 0.1) is 11.4 Å². The largest absolute Gasteiger partial charge is 0.455 e. The van der Waals surface area contributed by atoms with E-state index in [1.165, 1.54) is 23.5 Å². The number of furan rings is 1. The molecule has 0 amide bonds. The SMILES string of the molecule is CCn1c(-c2ccc(/C=C/C=C(C#N)C#N)o2)ccc1-c1ncc(C=C(C#N)C#N)s1. The monoisotopic (exact) mass is 422 g/mol. The maximum absolute atomic E-state index is 8.92. The maximum atomic E-state index is 8.92. The highest BCUT2D eigenvalue weighted by molar-refractivity contribution is 7.15. The zero-order valence-electron chi connectivity index (χ0n) is 16.4. The van der Waals surface area contributed by atoms with Gasteiger partial charge in [0.2, 0.25) is 0 Å². The van der Waals surface area contributed by atoms with Crippen molar-refractivity contribution in [3.63, 3.8) is 0 Å². The van der Waals surface area contributed by atoms with Gasteiger partial charge in [-0.25, -0.2) is 4.98 Å². The van der Waals surface area contributed by atoms with E-state index in [4.69, 9.17) is 25.5 Å². The van der Waals surface area contributed by atoms with Crippen molar-refractivity contribution < 1.29 is 4.42 Å². The Morgan fingerprint density at radius 2 is 1.74 bits per heavy atom. The zero-order valence-corrected chi connectivity index (χ0v) is 17.2. The fraction of sp³-hybridized carbons (Fsp3) is 0.0870. The minimum atomic E-state index is 0.0156. The number of nitrogens with zero attached hydrogens (tertiary/aromatic N) is 6. The Kier molecular flexibility index (Phi) is 6.61. The van der Waals surface area contributed by atoms with Crippen molar-refractivity contribution in [2.75, 3.05) is 0 Å². The van der Waals surface area contributed by atoms with Gasteiger partial charge < -0.3 is 8.98 Å². The number of aromatic nitrogens is 2. The van der Waals surface area contributed by atoms with Crippen LogP contribution in [0.1, 0.15) is 17.6 Å². The molecule has 0 aromatic carbocycles. The second-order valence-corrected chi connectivity index (χ2v) is 7.12. The predicted molar refractivity (Wildman–Crippen MR) is 116 cm³/mol. The molecule has 0 spiro atoms. The summed E-state index contributed by atoms with van der Waals surface area (Å²) in [4.78, 5) is 5.16. The molecule has 3 rings (SSSR count). The molecule has 0 aliphatic carbocycles. The molecule has 8 heteroatoms. The summed E-state index contributed by atoms with van der Waals surface area (Å²) in [7, 11) is 0. The molecule has 0 saturated heterocycles. The van der Waals surface area contributed by atoms with Crippen LogP contribution in [-0.2, 0) is 6.54 Å². The fourth-order valence-corrected chi connectivity index (χ4v) is 3.73. The second-order valence-electron chi connectivity index (χ2n) is 6.06. The van der Waals surface area contributed by atoms with Crippen LogP contribution < -0.4 is 0 Å². The molecular formula is C23H14N6OS. The highest BCUT2D eigenvalue weighted by Gasteiger charge is 2.15. The molecule has 148 valence electrons. The number of thiazole rings is 1. The molecular weight excluding hydrogens is 408 g/mol. The minimum absolute atomic E-state index is 0.0156. The molecule has 0 aliphatic heterocycles. The van der Waals surface area contributed by atoms with E-state index in [2.05, 4.69) is 9.55 Å². The van der Waals surface area contributed by atoms with Crippen molar-refractivity contribution in [1.29, 1.82) is 21.0 Å². The lowest BCUT2D eigenvalue weighted by Gasteiger charge is -2.07. The maximum Gasteiger partial charge on any atom is 0.151 e. The van der Waals surface area contributed by atoms with E-state index < -0.39 is 0 Å². The molecule has 0 fully saturated rings. The number of hydrogen-bond acceptors (Lipinski definition) is 7. The fourth-order valence-electron chi connectivity index (χ4n) is 2.83. The van der Waals surface area contributed by atoms with E-state index in [0.29, 0.717) is 18.1 Å². The molecule has 0 bridgehead atoms. The first-order valence-corrected chi connectivity index (χ1v) is 9.91. The van der Waals surface area contributed by atoms with E-state index in [0.717, 1.165) is 21.3 Å². The Morgan fingerprint density at radius 3 is 2.42 bits per heavy atom. The molecule has 3 aromatic heterocycles. The Hall–Kier alpha value is -4.63. The molecule has 0 aliphatic rings. The predicted octanol–water partition coefficient (Wildman–Crippen LogP) is 5.31. The normalized spacial score (nSPS) is 9.97. The number of nitriles is 4. The van der Waals surface area contributed by atoms with Gasteiger partial charge >= 0.3 is 0 Å². The number of rotatable bonds is 6. The first-order chi connectivity index (χ1) is 15.1. The highest BCUT2D eigenvalue weighted by Crippen LogP contribution is 2.33. The van der Waals surface area contributed by atoms with Crippen molar-refractivity contribution in [3.05, 3.63) is 64.4 Å². The van der Waals surface area contributed by atoms with E-state index in [1.807, 2.05) is 43.3 Å². The van der Waals surface area contributed by atoms with Gasteiger partial charge in [0.15, 0.2) is 5.76 Å². The van der Waals surface area contributed by atoms with Crippen molar-refractivity contribution in [3.8, 4) is 46.4 Å². The van der Waals surface area contributed by atoms with E-state index in [1.54, 1.807) is 30.5 Å². The Morgan fingerprint density at radius 1 is 1.03 bits per heavy atom. The minimum Gasteiger partial charge on any atom is -0.455 e. The van der Waals surface area contributed by atoms with Gasteiger partial charge in [-0.15, -0.1) is 11.3 Å². The first-order valence-electron chi connectivity index (χ1n) is 9.09. The lowest BCUT2D eigenvalue weighted by atomic mass is 10.3. The summed E-state index contributed by atoms with van der Waals surface area (Å²) in [6.45, 7) is 2.71. The van der Waals surface area contributed by atoms with Crippen LogP contribution in [0.25, 0.3) is 34.3 Å². The molecule has 0 radical (unpaired) electrons. The molecule has 0 N–H and O–H groups in total. The van der Waals surface area contributed by atoms with Gasteiger partial charge in [-0.2, -0.15) is 21.0 Å². The Balaban J connectivity index is 1.90. The Bertz CT molecular complexity index is 1340. The van der Waals surface area contributed by atoms with Gasteiger partial charge in [-0.05, 0) is 49.4 Å². The van der Waals surface area contributed by atoms with Crippen LogP contribution in [0.4, 0.5) is 0 Å². The smallest absolute Gasteiger partial charge is 0.151 e. The van der Waals surface area contributed by atoms with Crippen LogP contribution in [0, 0.1) is 45.3 Å². The van der Waals surface area contributed by atoms with Gasteiger partial charge in [-0.3, -0.25) is 0 Å². The molecule has 31 heavy (non-hydrogen) atoms. The standard InChI is InChI=1S/C23H14N6OS/c1-2-29-20(22-9-6-18(30-22)5-3-4-16(11-24)12-25)7-8-21(29)23-28-15-19(31-23)10-17(13-26)14-27/h3-10,15H,2H2,1H3/b5-3+. The summed E-state index contributed by atoms with van der Waals surface area (Å²) in [5.41, 5.74) is 1.83. The topological polar surface area (TPSA) is 126 Å². The van der Waals surface area contributed by atoms with Crippen LogP contribution in [0.15, 0.2) is 58.2 Å². The molecule has 7 nitrogen and oxygen atoms in total. The third kappa shape index (κ3) is 4.69. The van der Waals surface area contributed by atoms with E-state index >= 15 is 0 Å². The quantitative estimate of drug-likeness (QED) is 0.391. The molecule has 0 atom stereocenters. The van der Waals surface area contributed by atoms with Gasteiger partial charge in [-0.1, -0.05) is 6.08 Å². The van der Waals surface area contributed by atoms with Gasteiger partial charge in [0, 0.05) is 17.6 Å². The Labute approximate surface area is 182 Å². The van der Waals surface area contributed by atoms with Gasteiger partial charge in [0.25, 0.3) is 0 Å². The molecule has 0 unspecified atom stereocenters. The lowest BCUT2D eigenvalue weighted by Crippen LogP contribution is -1.98. The van der Waals surface area contributed by atoms with Crippen molar-refractivity contribution in [2.24, 2.45) is 0 Å². The van der Waals surface area contributed by atoms with Crippen molar-refractivity contribution in [2.45, 2.75) is 13.5 Å². The summed E-state index contributed by atoms with van der Waals surface area (Å²) in [6, 6.07) is 14.8. The van der Waals surface area contributed by atoms with Crippen LogP contribution in [0.2, 0.25) is 0 Å². The number of hydrogen-bond donors (Lipinski definition) is 0. The molecule has 3 heterocycles. The van der Waals surface area contributed by atoms with E-state index in [9.17, 15) is 0 Å². The van der Waals surface area contributed by atoms with E-state index in [-0.39, 0.29) is 11.1 Å². The van der Waals surface area contributed by atoms with Crippen LogP contribution in [0.5, 0.6) is 0 Å². The average molecular weight is 422 g/mol. The van der Waals surface area contributed by atoms with Crippen molar-refractivity contribution in [1.82, 2.24) is 9.55 Å². The first kappa shape index (κ1) is 21.1. The lowest BCUT2D eigenvalue weighted by molar-refractivity contribution is 0.564. The van der Waals surface area contributed by atoms with Crippen LogP contribution >= 0.6 is 11.3 Å². The summed E-state index contributed by atoms with van der Waals surface area (Å²) < 4.78 is 7.96. The zero-order chi connectivity index (χ0) is 22.2. The third-order valence-electron chi connectivity index (χ3n) is 4.21. The molecule has 0 saturated carbocycles. The summed E-state index contributed by atoms with van der Waals surface area (Å²) in [6.07, 6.45) is 7.86.